The molecule has 2 aliphatic rings. The smallest absolute Gasteiger partial charge is 0.228 e. The van der Waals surface area contributed by atoms with Gasteiger partial charge in [0.2, 0.25) is 5.91 Å². The lowest BCUT2D eigenvalue weighted by molar-refractivity contribution is -0.314. The maximum absolute atomic E-state index is 13.7. The third-order valence-corrected chi connectivity index (χ3v) is 5.18. The first kappa shape index (κ1) is 16.6. The van der Waals surface area contributed by atoms with E-state index in [0.29, 0.717) is 6.42 Å². The summed E-state index contributed by atoms with van der Waals surface area (Å²) in [5.41, 5.74) is 1.74. The van der Waals surface area contributed by atoms with Crippen molar-refractivity contribution in [2.45, 2.75) is 26.7 Å². The highest BCUT2D eigenvalue weighted by Gasteiger charge is 2.54. The van der Waals surface area contributed by atoms with Crippen LogP contribution in [0.15, 0.2) is 29.3 Å². The molecular weight excluding hydrogens is 316 g/mol. The number of nitrogens with one attached hydrogen (secondary N) is 1. The SMILES string of the molecule is CC(C)=C1[C@H]2CC[C@@H]1[C@@H](C(=O)Nc1cc(F)ccc1F)[C@H]2C(=O)[O-]. The van der Waals surface area contributed by atoms with Gasteiger partial charge in [-0.3, -0.25) is 4.79 Å². The van der Waals surface area contributed by atoms with Crippen LogP contribution in [-0.2, 0) is 9.59 Å². The lowest BCUT2D eigenvalue weighted by atomic mass is 9.78. The monoisotopic (exact) mass is 334 g/mol. The van der Waals surface area contributed by atoms with Crippen molar-refractivity contribution in [3.8, 4) is 0 Å². The van der Waals surface area contributed by atoms with Crippen molar-refractivity contribution in [2.24, 2.45) is 23.7 Å². The summed E-state index contributed by atoms with van der Waals surface area (Å²) in [5, 5.41) is 14.0. The number of hydrogen-bond acceptors (Lipinski definition) is 3. The average molecular weight is 334 g/mol. The molecule has 2 bridgehead atoms. The molecule has 1 aromatic carbocycles. The van der Waals surface area contributed by atoms with Gasteiger partial charge in [-0.2, -0.15) is 0 Å². The Morgan fingerprint density at radius 2 is 1.75 bits per heavy atom. The van der Waals surface area contributed by atoms with Gasteiger partial charge in [-0.05, 0) is 50.7 Å². The van der Waals surface area contributed by atoms with Crippen LogP contribution in [-0.4, -0.2) is 11.9 Å². The van der Waals surface area contributed by atoms with Gasteiger partial charge >= 0.3 is 0 Å². The minimum absolute atomic E-state index is 0.181. The first-order valence-corrected chi connectivity index (χ1v) is 7.95. The molecule has 3 rings (SSSR count). The Hall–Kier alpha value is -2.24. The highest BCUT2D eigenvalue weighted by atomic mass is 19.1. The van der Waals surface area contributed by atoms with Gasteiger partial charge < -0.3 is 15.2 Å². The number of hydrogen-bond donors (Lipinski definition) is 1. The Labute approximate surface area is 138 Å². The zero-order chi connectivity index (χ0) is 17.6. The third-order valence-electron chi connectivity index (χ3n) is 5.18. The second-order valence-corrected chi connectivity index (χ2v) is 6.73. The molecule has 24 heavy (non-hydrogen) atoms. The van der Waals surface area contributed by atoms with E-state index in [1.54, 1.807) is 0 Å². The Bertz CT molecular complexity index is 740. The minimum atomic E-state index is -1.26. The summed E-state index contributed by atoms with van der Waals surface area (Å²) in [6, 6.07) is 2.76. The number of rotatable bonds is 3. The van der Waals surface area contributed by atoms with Gasteiger partial charge in [-0.1, -0.05) is 11.1 Å². The average Bonchev–Trinajstić information content (AvgIpc) is 3.06. The topological polar surface area (TPSA) is 69.2 Å². The van der Waals surface area contributed by atoms with E-state index in [1.165, 1.54) is 0 Å². The van der Waals surface area contributed by atoms with Crippen LogP contribution in [0.1, 0.15) is 26.7 Å². The van der Waals surface area contributed by atoms with E-state index in [9.17, 15) is 23.5 Å². The molecule has 128 valence electrons. The number of carbonyl (C=O) groups is 2. The second kappa shape index (κ2) is 6.00. The minimum Gasteiger partial charge on any atom is -0.550 e. The number of amides is 1. The molecule has 1 amide bonds. The van der Waals surface area contributed by atoms with Crippen LogP contribution in [0, 0.1) is 35.3 Å². The highest BCUT2D eigenvalue weighted by molar-refractivity contribution is 5.96. The highest BCUT2D eigenvalue weighted by Crippen LogP contribution is 2.57. The van der Waals surface area contributed by atoms with Gasteiger partial charge in [0.05, 0.1) is 11.6 Å². The Morgan fingerprint density at radius 1 is 1.12 bits per heavy atom. The Morgan fingerprint density at radius 3 is 2.33 bits per heavy atom. The molecule has 1 aromatic rings. The molecule has 1 N–H and O–H groups in total. The van der Waals surface area contributed by atoms with Crippen LogP contribution in [0.25, 0.3) is 0 Å². The van der Waals surface area contributed by atoms with Crippen molar-refractivity contribution in [1.82, 2.24) is 0 Å². The van der Waals surface area contributed by atoms with Gasteiger partial charge in [0.1, 0.15) is 11.6 Å². The van der Waals surface area contributed by atoms with Crippen LogP contribution < -0.4 is 10.4 Å². The van der Waals surface area contributed by atoms with Crippen molar-refractivity contribution in [3.05, 3.63) is 41.0 Å². The van der Waals surface area contributed by atoms with Crippen molar-refractivity contribution in [1.29, 1.82) is 0 Å². The predicted molar refractivity (Wildman–Crippen MR) is 81.6 cm³/mol. The molecular formula is C18H18F2NO3-. The van der Waals surface area contributed by atoms with Gasteiger partial charge in [0.15, 0.2) is 0 Å². The third kappa shape index (κ3) is 2.60. The van der Waals surface area contributed by atoms with Gasteiger partial charge in [0.25, 0.3) is 0 Å². The summed E-state index contributed by atoms with van der Waals surface area (Å²) >= 11 is 0. The van der Waals surface area contributed by atoms with Crippen LogP contribution in [0.3, 0.4) is 0 Å². The van der Waals surface area contributed by atoms with E-state index in [0.717, 1.165) is 35.8 Å². The normalized spacial score (nSPS) is 28.1. The molecule has 2 saturated carbocycles. The maximum Gasteiger partial charge on any atom is 0.228 e. The van der Waals surface area contributed by atoms with Crippen LogP contribution in [0.4, 0.5) is 14.5 Å². The van der Waals surface area contributed by atoms with Gasteiger partial charge in [0, 0.05) is 18.0 Å². The second-order valence-electron chi connectivity index (χ2n) is 6.73. The first-order chi connectivity index (χ1) is 11.3. The number of carboxylic acid groups (broad SMARTS) is 1. The van der Waals surface area contributed by atoms with Gasteiger partial charge in [-0.25, -0.2) is 8.78 Å². The fourth-order valence-corrected chi connectivity index (χ4v) is 4.40. The Balaban J connectivity index is 1.92. The van der Waals surface area contributed by atoms with E-state index in [2.05, 4.69) is 5.32 Å². The summed E-state index contributed by atoms with van der Waals surface area (Å²) in [4.78, 5) is 24.2. The van der Waals surface area contributed by atoms with Crippen LogP contribution in [0.2, 0.25) is 0 Å². The summed E-state index contributed by atoms with van der Waals surface area (Å²) in [6.07, 6.45) is 1.43. The fraction of sp³-hybridized carbons (Fsp3) is 0.444. The molecule has 0 aromatic heterocycles. The molecule has 0 saturated heterocycles. The van der Waals surface area contributed by atoms with Crippen LogP contribution >= 0.6 is 0 Å². The molecule has 4 nitrogen and oxygen atoms in total. The zero-order valence-corrected chi connectivity index (χ0v) is 13.4. The number of anilines is 1. The van der Waals surface area contributed by atoms with Crippen molar-refractivity contribution in [2.75, 3.05) is 5.32 Å². The summed E-state index contributed by atoms with van der Waals surface area (Å²) in [7, 11) is 0. The number of fused-ring (bicyclic) bond motifs is 2. The summed E-state index contributed by atoms with van der Waals surface area (Å²) < 4.78 is 27.0. The lowest BCUT2D eigenvalue weighted by Gasteiger charge is -2.30. The molecule has 2 fully saturated rings. The first-order valence-electron chi connectivity index (χ1n) is 7.95. The number of benzene rings is 1. The van der Waals surface area contributed by atoms with Crippen LogP contribution in [0.5, 0.6) is 0 Å². The molecule has 0 aliphatic heterocycles. The summed E-state index contributed by atoms with van der Waals surface area (Å²) in [5.74, 6) is -5.44. The lowest BCUT2D eigenvalue weighted by Crippen LogP contribution is -2.44. The molecule has 0 radical (unpaired) electrons. The fourth-order valence-electron chi connectivity index (χ4n) is 4.40. The van der Waals surface area contributed by atoms with Crippen molar-refractivity contribution < 1.29 is 23.5 Å². The van der Waals surface area contributed by atoms with E-state index in [4.69, 9.17) is 0 Å². The molecule has 0 spiro atoms. The standard InChI is InChI=1S/C18H19F2NO3/c1-8(2)14-10-4-5-11(14)16(18(23)24)15(10)17(22)21-13-7-9(19)3-6-12(13)20/h3,6-7,10-11,15-16H,4-5H2,1-2H3,(H,21,22)(H,23,24)/p-1/t10-,11+,15+,16-/m0/s1. The van der Waals surface area contributed by atoms with Crippen molar-refractivity contribution >= 4 is 17.6 Å². The van der Waals surface area contributed by atoms with E-state index in [-0.39, 0.29) is 17.5 Å². The Kier molecular flexibility index (Phi) is 4.15. The quantitative estimate of drug-likeness (QED) is 0.862. The molecule has 2 aliphatic carbocycles. The maximum atomic E-state index is 13.7. The molecule has 4 atom stereocenters. The van der Waals surface area contributed by atoms with E-state index < -0.39 is 35.3 Å². The molecule has 0 heterocycles. The molecule has 0 unspecified atom stereocenters. The number of carboxylic acids is 1. The summed E-state index contributed by atoms with van der Waals surface area (Å²) in [6.45, 7) is 3.80. The zero-order valence-electron chi connectivity index (χ0n) is 13.4. The van der Waals surface area contributed by atoms with E-state index >= 15 is 0 Å². The number of aliphatic carboxylic acids is 1. The number of carbonyl (C=O) groups excluding carboxylic acids is 2. The largest absolute Gasteiger partial charge is 0.550 e. The number of halogens is 2. The predicted octanol–water partition coefficient (Wildman–Crippen LogP) is 2.26. The number of allylic oxidation sites excluding steroid dienone is 2. The van der Waals surface area contributed by atoms with Gasteiger partial charge in [-0.15, -0.1) is 0 Å². The van der Waals surface area contributed by atoms with E-state index in [1.807, 2.05) is 13.8 Å². The molecule has 6 heteroatoms. The van der Waals surface area contributed by atoms with Crippen molar-refractivity contribution in [3.63, 3.8) is 0 Å².